The summed E-state index contributed by atoms with van der Waals surface area (Å²) in [4.78, 5) is 11.1. The molecule has 2 heteroatoms. The van der Waals surface area contributed by atoms with Crippen molar-refractivity contribution < 1.29 is 4.79 Å². The number of carbonyl (C=O) groups excluding carboxylic acids is 1. The molecule has 2 nitrogen and oxygen atoms in total. The number of rotatable bonds is 1. The minimum Gasteiger partial charge on any atom is -0.366 e. The highest BCUT2D eigenvalue weighted by atomic mass is 16.1. The summed E-state index contributed by atoms with van der Waals surface area (Å²) in [6, 6.07) is 11.5. The van der Waals surface area contributed by atoms with Crippen LogP contribution in [0.3, 0.4) is 0 Å². The lowest BCUT2D eigenvalue weighted by molar-refractivity contribution is 0.100. The second-order valence-corrected chi connectivity index (χ2v) is 3.34. The summed E-state index contributed by atoms with van der Waals surface area (Å²) >= 11 is 0. The molecule has 2 aromatic carbocycles. The molecule has 0 atom stereocenters. The Balaban J connectivity index is 2.88. The monoisotopic (exact) mass is 185 g/mol. The van der Waals surface area contributed by atoms with Gasteiger partial charge in [0.05, 0.1) is 0 Å². The number of aryl methyl sites for hydroxylation is 1. The van der Waals surface area contributed by atoms with Crippen LogP contribution in [0.1, 0.15) is 15.9 Å². The molecule has 0 aliphatic rings. The molecular formula is C12H11NO. The third-order valence-corrected chi connectivity index (χ3v) is 2.41. The highest BCUT2D eigenvalue weighted by molar-refractivity contribution is 6.07. The SMILES string of the molecule is Cc1ccc(C(N)=O)c2ccccc12. The normalized spacial score (nSPS) is 10.4. The molecule has 70 valence electrons. The van der Waals surface area contributed by atoms with Gasteiger partial charge in [0.2, 0.25) is 5.91 Å². The molecule has 0 unspecified atom stereocenters. The Hall–Kier alpha value is -1.83. The summed E-state index contributed by atoms with van der Waals surface area (Å²) < 4.78 is 0. The number of benzene rings is 2. The van der Waals surface area contributed by atoms with Crippen LogP contribution in [0.4, 0.5) is 0 Å². The molecule has 14 heavy (non-hydrogen) atoms. The van der Waals surface area contributed by atoms with E-state index in [0.29, 0.717) is 5.56 Å². The topological polar surface area (TPSA) is 43.1 Å². The molecule has 0 aliphatic heterocycles. The summed E-state index contributed by atoms with van der Waals surface area (Å²) in [7, 11) is 0. The zero-order chi connectivity index (χ0) is 10.1. The van der Waals surface area contributed by atoms with Crippen LogP contribution in [0.15, 0.2) is 36.4 Å². The van der Waals surface area contributed by atoms with Crippen molar-refractivity contribution in [3.63, 3.8) is 0 Å². The fraction of sp³-hybridized carbons (Fsp3) is 0.0833. The standard InChI is InChI=1S/C12H11NO/c1-8-6-7-11(12(13)14)10-5-3-2-4-9(8)10/h2-7H,1H3,(H2,13,14). The Kier molecular flexibility index (Phi) is 1.97. The van der Waals surface area contributed by atoms with Gasteiger partial charge in [0.15, 0.2) is 0 Å². The second kappa shape index (κ2) is 3.14. The van der Waals surface area contributed by atoms with Crippen molar-refractivity contribution in [3.05, 3.63) is 47.5 Å². The molecule has 0 aromatic heterocycles. The Bertz CT molecular complexity index is 503. The van der Waals surface area contributed by atoms with Crippen LogP contribution in [0, 0.1) is 6.92 Å². The van der Waals surface area contributed by atoms with Crippen molar-refractivity contribution in [3.8, 4) is 0 Å². The molecule has 0 fully saturated rings. The quantitative estimate of drug-likeness (QED) is 0.727. The Morgan fingerprint density at radius 2 is 1.71 bits per heavy atom. The van der Waals surface area contributed by atoms with E-state index in [1.54, 1.807) is 6.07 Å². The largest absolute Gasteiger partial charge is 0.366 e. The van der Waals surface area contributed by atoms with E-state index < -0.39 is 0 Å². The van der Waals surface area contributed by atoms with Gasteiger partial charge in [-0.15, -0.1) is 0 Å². The smallest absolute Gasteiger partial charge is 0.249 e. The van der Waals surface area contributed by atoms with Gasteiger partial charge in [-0.2, -0.15) is 0 Å². The first-order chi connectivity index (χ1) is 6.70. The van der Waals surface area contributed by atoms with Crippen LogP contribution < -0.4 is 5.73 Å². The van der Waals surface area contributed by atoms with Gasteiger partial charge in [0.25, 0.3) is 0 Å². The zero-order valence-electron chi connectivity index (χ0n) is 7.95. The van der Waals surface area contributed by atoms with Crippen LogP contribution in [0.2, 0.25) is 0 Å². The number of primary amides is 1. The third-order valence-electron chi connectivity index (χ3n) is 2.41. The summed E-state index contributed by atoms with van der Waals surface area (Å²) in [6.07, 6.45) is 0. The van der Waals surface area contributed by atoms with Crippen molar-refractivity contribution in [2.24, 2.45) is 5.73 Å². The first kappa shape index (κ1) is 8.75. The fourth-order valence-corrected chi connectivity index (χ4v) is 1.66. The molecule has 0 spiro atoms. The van der Waals surface area contributed by atoms with E-state index in [2.05, 4.69) is 0 Å². The van der Waals surface area contributed by atoms with Gasteiger partial charge in [-0.3, -0.25) is 4.79 Å². The second-order valence-electron chi connectivity index (χ2n) is 3.34. The maximum atomic E-state index is 11.1. The highest BCUT2D eigenvalue weighted by Crippen LogP contribution is 2.21. The first-order valence-electron chi connectivity index (χ1n) is 4.48. The van der Waals surface area contributed by atoms with Crippen LogP contribution >= 0.6 is 0 Å². The molecule has 2 N–H and O–H groups in total. The third kappa shape index (κ3) is 1.25. The predicted molar refractivity (Wildman–Crippen MR) is 57.2 cm³/mol. The van der Waals surface area contributed by atoms with Crippen molar-refractivity contribution >= 4 is 16.7 Å². The van der Waals surface area contributed by atoms with Gasteiger partial charge >= 0.3 is 0 Å². The molecule has 0 heterocycles. The molecule has 0 radical (unpaired) electrons. The van der Waals surface area contributed by atoms with Crippen molar-refractivity contribution in [1.29, 1.82) is 0 Å². The molecular weight excluding hydrogens is 174 g/mol. The molecule has 2 rings (SSSR count). The first-order valence-corrected chi connectivity index (χ1v) is 4.48. The van der Waals surface area contributed by atoms with Crippen molar-refractivity contribution in [2.45, 2.75) is 6.92 Å². The van der Waals surface area contributed by atoms with Crippen molar-refractivity contribution in [2.75, 3.05) is 0 Å². The minimum absolute atomic E-state index is 0.374. The maximum absolute atomic E-state index is 11.1. The summed E-state index contributed by atoms with van der Waals surface area (Å²) in [5, 5.41) is 2.02. The van der Waals surface area contributed by atoms with E-state index in [0.717, 1.165) is 16.3 Å². The average molecular weight is 185 g/mol. The van der Waals surface area contributed by atoms with Crippen molar-refractivity contribution in [1.82, 2.24) is 0 Å². The number of amides is 1. The average Bonchev–Trinajstić information content (AvgIpc) is 2.18. The lowest BCUT2D eigenvalue weighted by Crippen LogP contribution is -2.11. The Morgan fingerprint density at radius 1 is 1.07 bits per heavy atom. The summed E-state index contributed by atoms with van der Waals surface area (Å²) in [6.45, 7) is 2.02. The van der Waals surface area contributed by atoms with Gasteiger partial charge in [0, 0.05) is 5.56 Å². The van der Waals surface area contributed by atoms with Gasteiger partial charge in [-0.25, -0.2) is 0 Å². The highest BCUT2D eigenvalue weighted by Gasteiger charge is 2.06. The van der Waals surface area contributed by atoms with Gasteiger partial charge in [0.1, 0.15) is 0 Å². The lowest BCUT2D eigenvalue weighted by atomic mass is 10.0. The number of fused-ring (bicyclic) bond motifs is 1. The summed E-state index contributed by atoms with van der Waals surface area (Å²) in [5.74, 6) is -0.374. The number of carbonyl (C=O) groups is 1. The van der Waals surface area contributed by atoms with E-state index in [-0.39, 0.29) is 5.91 Å². The van der Waals surface area contributed by atoms with Crippen LogP contribution in [0.25, 0.3) is 10.8 Å². The minimum atomic E-state index is -0.374. The molecule has 1 amide bonds. The molecule has 0 saturated carbocycles. The Morgan fingerprint density at radius 3 is 2.36 bits per heavy atom. The molecule has 0 bridgehead atoms. The molecule has 2 aromatic rings. The predicted octanol–water partition coefficient (Wildman–Crippen LogP) is 2.25. The fourth-order valence-electron chi connectivity index (χ4n) is 1.66. The molecule has 0 aliphatic carbocycles. The number of hydrogen-bond donors (Lipinski definition) is 1. The summed E-state index contributed by atoms with van der Waals surface area (Å²) in [5.41, 5.74) is 7.04. The van der Waals surface area contributed by atoms with Gasteiger partial charge in [-0.05, 0) is 29.3 Å². The van der Waals surface area contributed by atoms with Gasteiger partial charge < -0.3 is 5.73 Å². The van der Waals surface area contributed by atoms with E-state index in [9.17, 15) is 4.79 Å². The number of hydrogen-bond acceptors (Lipinski definition) is 1. The maximum Gasteiger partial charge on any atom is 0.249 e. The van der Waals surface area contributed by atoms with E-state index >= 15 is 0 Å². The van der Waals surface area contributed by atoms with Crippen LogP contribution in [-0.2, 0) is 0 Å². The van der Waals surface area contributed by atoms with E-state index in [4.69, 9.17) is 5.73 Å². The molecule has 0 saturated heterocycles. The zero-order valence-corrected chi connectivity index (χ0v) is 7.95. The van der Waals surface area contributed by atoms with Gasteiger partial charge in [-0.1, -0.05) is 30.3 Å². The Labute approximate surface area is 82.3 Å². The van der Waals surface area contributed by atoms with E-state index in [1.807, 2.05) is 37.3 Å². The lowest BCUT2D eigenvalue weighted by Gasteiger charge is -2.05. The number of nitrogens with two attached hydrogens (primary N) is 1. The van der Waals surface area contributed by atoms with Crippen LogP contribution in [-0.4, -0.2) is 5.91 Å². The van der Waals surface area contributed by atoms with E-state index in [1.165, 1.54) is 0 Å². The van der Waals surface area contributed by atoms with Crippen LogP contribution in [0.5, 0.6) is 0 Å².